The Kier molecular flexibility index (Phi) is 4.75. The van der Waals surface area contributed by atoms with Crippen molar-refractivity contribution in [3.05, 3.63) is 69.3 Å². The summed E-state index contributed by atoms with van der Waals surface area (Å²) in [6.07, 6.45) is 0. The van der Waals surface area contributed by atoms with Gasteiger partial charge in [0.2, 0.25) is 0 Å². The van der Waals surface area contributed by atoms with Gasteiger partial charge in [-0.1, -0.05) is 29.8 Å². The minimum Gasteiger partial charge on any atom is -0.293 e. The summed E-state index contributed by atoms with van der Waals surface area (Å²) in [7, 11) is 0. The minimum atomic E-state index is -0.492. The Balaban J connectivity index is 2.08. The second-order valence-corrected chi connectivity index (χ2v) is 5.81. The van der Waals surface area contributed by atoms with Crippen molar-refractivity contribution in [2.75, 3.05) is 5.75 Å². The Morgan fingerprint density at radius 2 is 1.95 bits per heavy atom. The lowest BCUT2D eigenvalue weighted by Crippen LogP contribution is -2.03. The average Bonchev–Trinajstić information content (AvgIpc) is 2.46. The van der Waals surface area contributed by atoms with E-state index < -0.39 is 4.92 Å². The Bertz CT molecular complexity index is 698. The molecule has 0 bridgehead atoms. The molecule has 0 radical (unpaired) electrons. The minimum absolute atomic E-state index is 0.0580. The first-order valence-electron chi connectivity index (χ1n) is 6.45. The van der Waals surface area contributed by atoms with Crippen molar-refractivity contribution in [2.45, 2.75) is 18.7 Å². The fraction of sp³-hybridized carbons (Fsp3) is 0.188. The summed E-state index contributed by atoms with van der Waals surface area (Å²) in [5.41, 5.74) is 2.63. The maximum absolute atomic E-state index is 12.1. The number of aryl methyl sites for hydroxylation is 2. The van der Waals surface area contributed by atoms with Gasteiger partial charge in [0.05, 0.1) is 10.7 Å². The van der Waals surface area contributed by atoms with E-state index in [-0.39, 0.29) is 17.2 Å². The Hall–Kier alpha value is -2.14. The summed E-state index contributed by atoms with van der Waals surface area (Å²) in [6, 6.07) is 11.9. The maximum Gasteiger partial charge on any atom is 0.270 e. The zero-order chi connectivity index (χ0) is 15.4. The SMILES string of the molecule is Cc1ccc(SCC(=O)c2cccc([N+](=O)[O-])c2)c(C)c1. The second kappa shape index (κ2) is 6.54. The number of Topliss-reactive ketones (excluding diaryl/α,β-unsaturated/α-hetero) is 1. The third-order valence-electron chi connectivity index (χ3n) is 3.07. The molecule has 0 aliphatic heterocycles. The summed E-state index contributed by atoms with van der Waals surface area (Å²) in [5, 5.41) is 10.7. The highest BCUT2D eigenvalue weighted by atomic mass is 32.2. The van der Waals surface area contributed by atoms with Gasteiger partial charge in [-0.15, -0.1) is 11.8 Å². The van der Waals surface area contributed by atoms with Crippen LogP contribution in [0.3, 0.4) is 0 Å². The number of carbonyl (C=O) groups excluding carboxylic acids is 1. The summed E-state index contributed by atoms with van der Waals surface area (Å²) in [4.78, 5) is 23.4. The molecule has 0 amide bonds. The van der Waals surface area contributed by atoms with Crippen LogP contribution in [0.15, 0.2) is 47.4 Å². The molecule has 0 saturated carbocycles. The summed E-state index contributed by atoms with van der Waals surface area (Å²) in [6.45, 7) is 4.03. The van der Waals surface area contributed by atoms with E-state index >= 15 is 0 Å². The molecule has 2 aromatic rings. The van der Waals surface area contributed by atoms with Gasteiger partial charge in [-0.3, -0.25) is 14.9 Å². The van der Waals surface area contributed by atoms with Gasteiger partial charge in [-0.25, -0.2) is 0 Å². The van der Waals surface area contributed by atoms with Gasteiger partial charge in [0.25, 0.3) is 5.69 Å². The molecule has 0 aromatic heterocycles. The van der Waals surface area contributed by atoms with Crippen LogP contribution in [0.25, 0.3) is 0 Å². The molecule has 0 N–H and O–H groups in total. The van der Waals surface area contributed by atoms with Crippen LogP contribution >= 0.6 is 11.8 Å². The number of ketones is 1. The van der Waals surface area contributed by atoms with E-state index in [1.54, 1.807) is 6.07 Å². The predicted octanol–water partition coefficient (Wildman–Crippen LogP) is 4.19. The molecule has 0 aliphatic carbocycles. The standard InChI is InChI=1S/C16H15NO3S/c1-11-6-7-16(12(2)8-11)21-10-15(18)13-4-3-5-14(9-13)17(19)20/h3-9H,10H2,1-2H3. The fourth-order valence-electron chi connectivity index (χ4n) is 1.98. The van der Waals surface area contributed by atoms with Crippen LogP contribution in [-0.2, 0) is 0 Å². The molecule has 0 aliphatic rings. The molecule has 4 nitrogen and oxygen atoms in total. The van der Waals surface area contributed by atoms with Gasteiger partial charge < -0.3 is 0 Å². The molecule has 2 aromatic carbocycles. The van der Waals surface area contributed by atoms with Crippen molar-refractivity contribution in [1.82, 2.24) is 0 Å². The predicted molar refractivity (Wildman–Crippen MR) is 84.1 cm³/mol. The Morgan fingerprint density at radius 1 is 1.19 bits per heavy atom. The molecule has 5 heteroatoms. The van der Waals surface area contributed by atoms with E-state index in [1.165, 1.54) is 35.5 Å². The van der Waals surface area contributed by atoms with Crippen LogP contribution in [0.5, 0.6) is 0 Å². The normalized spacial score (nSPS) is 10.4. The zero-order valence-electron chi connectivity index (χ0n) is 11.8. The van der Waals surface area contributed by atoms with Gasteiger partial charge in [-0.05, 0) is 25.5 Å². The highest BCUT2D eigenvalue weighted by molar-refractivity contribution is 8.00. The van der Waals surface area contributed by atoms with Crippen LogP contribution in [0.2, 0.25) is 0 Å². The molecule has 0 atom stereocenters. The van der Waals surface area contributed by atoms with Gasteiger partial charge in [0.15, 0.2) is 5.78 Å². The average molecular weight is 301 g/mol. The first-order valence-corrected chi connectivity index (χ1v) is 7.43. The molecule has 0 unspecified atom stereocenters. The van der Waals surface area contributed by atoms with Crippen LogP contribution in [-0.4, -0.2) is 16.5 Å². The van der Waals surface area contributed by atoms with Crippen LogP contribution in [0.1, 0.15) is 21.5 Å². The molecule has 0 heterocycles. The van der Waals surface area contributed by atoms with Crippen molar-refractivity contribution >= 4 is 23.2 Å². The van der Waals surface area contributed by atoms with E-state index in [0.29, 0.717) is 5.56 Å². The number of hydrogen-bond donors (Lipinski definition) is 0. The number of nitrogens with zero attached hydrogens (tertiary/aromatic N) is 1. The number of nitro benzene ring substituents is 1. The van der Waals surface area contributed by atoms with Crippen molar-refractivity contribution in [3.63, 3.8) is 0 Å². The lowest BCUT2D eigenvalue weighted by atomic mass is 10.1. The number of hydrogen-bond acceptors (Lipinski definition) is 4. The first-order chi connectivity index (χ1) is 9.97. The molecule has 108 valence electrons. The molecule has 0 fully saturated rings. The molecular formula is C16H15NO3S. The molecule has 2 rings (SSSR count). The first kappa shape index (κ1) is 15.3. The van der Waals surface area contributed by atoms with E-state index in [1.807, 2.05) is 26.0 Å². The highest BCUT2D eigenvalue weighted by Gasteiger charge is 2.12. The molecule has 0 spiro atoms. The van der Waals surface area contributed by atoms with Gasteiger partial charge >= 0.3 is 0 Å². The number of benzene rings is 2. The van der Waals surface area contributed by atoms with Crippen LogP contribution in [0.4, 0.5) is 5.69 Å². The van der Waals surface area contributed by atoms with Crippen LogP contribution in [0, 0.1) is 24.0 Å². The van der Waals surface area contributed by atoms with Crippen molar-refractivity contribution < 1.29 is 9.72 Å². The highest BCUT2D eigenvalue weighted by Crippen LogP contribution is 2.24. The summed E-state index contributed by atoms with van der Waals surface area (Å²) < 4.78 is 0. The molecule has 0 saturated heterocycles. The summed E-state index contributed by atoms with van der Waals surface area (Å²) >= 11 is 1.45. The number of nitro groups is 1. The quantitative estimate of drug-likeness (QED) is 0.359. The van der Waals surface area contributed by atoms with Crippen LogP contribution < -0.4 is 0 Å². The maximum atomic E-state index is 12.1. The lowest BCUT2D eigenvalue weighted by Gasteiger charge is -2.06. The smallest absolute Gasteiger partial charge is 0.270 e. The van der Waals surface area contributed by atoms with Crippen molar-refractivity contribution in [1.29, 1.82) is 0 Å². The van der Waals surface area contributed by atoms with Gasteiger partial charge in [0, 0.05) is 22.6 Å². The van der Waals surface area contributed by atoms with Gasteiger partial charge in [0.1, 0.15) is 0 Å². The van der Waals surface area contributed by atoms with Gasteiger partial charge in [-0.2, -0.15) is 0 Å². The third kappa shape index (κ3) is 3.92. The largest absolute Gasteiger partial charge is 0.293 e. The van der Waals surface area contributed by atoms with E-state index in [0.717, 1.165) is 10.5 Å². The van der Waals surface area contributed by atoms with E-state index in [4.69, 9.17) is 0 Å². The van der Waals surface area contributed by atoms with Crippen molar-refractivity contribution in [2.24, 2.45) is 0 Å². The Morgan fingerprint density at radius 3 is 2.62 bits per heavy atom. The monoisotopic (exact) mass is 301 g/mol. The third-order valence-corrected chi connectivity index (χ3v) is 4.24. The topological polar surface area (TPSA) is 60.2 Å². The molecular weight excluding hydrogens is 286 g/mol. The number of thioether (sulfide) groups is 1. The zero-order valence-corrected chi connectivity index (χ0v) is 12.6. The fourth-order valence-corrected chi connectivity index (χ4v) is 2.88. The Labute approximate surface area is 127 Å². The molecule has 21 heavy (non-hydrogen) atoms. The number of rotatable bonds is 5. The number of carbonyl (C=O) groups is 1. The lowest BCUT2D eigenvalue weighted by molar-refractivity contribution is -0.384. The second-order valence-electron chi connectivity index (χ2n) is 4.79. The van der Waals surface area contributed by atoms with Crippen molar-refractivity contribution in [3.8, 4) is 0 Å². The van der Waals surface area contributed by atoms with E-state index in [2.05, 4.69) is 6.07 Å². The summed E-state index contributed by atoms with van der Waals surface area (Å²) in [5.74, 6) is 0.161. The number of non-ortho nitro benzene ring substituents is 1. The van der Waals surface area contributed by atoms with E-state index in [9.17, 15) is 14.9 Å².